The lowest BCUT2D eigenvalue weighted by Gasteiger charge is -2.32. The minimum atomic E-state index is -0.455. The molecule has 18 heavy (non-hydrogen) atoms. The molecule has 3 saturated heterocycles. The van der Waals surface area contributed by atoms with Crippen molar-refractivity contribution in [2.24, 2.45) is 0 Å². The van der Waals surface area contributed by atoms with Crippen LogP contribution in [0.5, 0.6) is 0 Å². The third kappa shape index (κ3) is 2.03. The van der Waals surface area contributed by atoms with E-state index in [2.05, 4.69) is 14.8 Å². The molecule has 4 heterocycles. The van der Waals surface area contributed by atoms with E-state index in [1.54, 1.807) is 6.20 Å². The first-order valence-electron chi connectivity index (χ1n) is 6.33. The highest BCUT2D eigenvalue weighted by atomic mass is 16.6. The van der Waals surface area contributed by atoms with E-state index >= 15 is 0 Å². The van der Waals surface area contributed by atoms with Crippen LogP contribution in [0.1, 0.15) is 12.8 Å². The summed E-state index contributed by atoms with van der Waals surface area (Å²) in [6.07, 6.45) is 3.99. The average Bonchev–Trinajstić information content (AvgIpc) is 2.72. The minimum absolute atomic E-state index is 0.0818. The minimum Gasteiger partial charge on any atom is -0.364 e. The van der Waals surface area contributed by atoms with Gasteiger partial charge >= 0.3 is 5.82 Å². The number of nitrogens with zero attached hydrogens (tertiary/aromatic N) is 4. The van der Waals surface area contributed by atoms with Gasteiger partial charge in [0.1, 0.15) is 0 Å². The molecule has 3 aliphatic rings. The Balaban J connectivity index is 1.83. The number of nitro groups is 1. The van der Waals surface area contributed by atoms with E-state index in [-0.39, 0.29) is 5.82 Å². The van der Waals surface area contributed by atoms with Gasteiger partial charge in [0, 0.05) is 38.3 Å². The molecule has 0 amide bonds. The van der Waals surface area contributed by atoms with Crippen LogP contribution in [-0.4, -0.2) is 47.0 Å². The molecular formula is C12H16N4O2. The number of anilines is 1. The monoisotopic (exact) mass is 248 g/mol. The van der Waals surface area contributed by atoms with Crippen LogP contribution in [-0.2, 0) is 0 Å². The molecule has 0 aromatic carbocycles. The summed E-state index contributed by atoms with van der Waals surface area (Å²) in [6.45, 7) is 4.40. The van der Waals surface area contributed by atoms with Gasteiger partial charge in [0.2, 0.25) is 0 Å². The van der Waals surface area contributed by atoms with Gasteiger partial charge in [-0.15, -0.1) is 0 Å². The fourth-order valence-electron chi connectivity index (χ4n) is 2.88. The highest BCUT2D eigenvalue weighted by molar-refractivity contribution is 5.48. The maximum atomic E-state index is 10.6. The van der Waals surface area contributed by atoms with Crippen LogP contribution in [0.4, 0.5) is 11.5 Å². The molecule has 1 aromatic rings. The molecular weight excluding hydrogens is 232 g/mol. The number of rotatable bonds is 2. The quantitative estimate of drug-likeness (QED) is 0.582. The van der Waals surface area contributed by atoms with Crippen molar-refractivity contribution in [1.82, 2.24) is 9.88 Å². The SMILES string of the molecule is O=[N+]([O-])c1ccc(N2CCN3CCC2CC3)cn1. The molecule has 3 aliphatic heterocycles. The smallest absolute Gasteiger partial charge is 0.363 e. The summed E-state index contributed by atoms with van der Waals surface area (Å²) in [6, 6.07) is 3.87. The molecule has 0 spiro atoms. The van der Waals surface area contributed by atoms with Crippen LogP contribution >= 0.6 is 0 Å². The largest absolute Gasteiger partial charge is 0.364 e. The van der Waals surface area contributed by atoms with Crippen LogP contribution in [0.25, 0.3) is 0 Å². The maximum absolute atomic E-state index is 10.6. The van der Waals surface area contributed by atoms with Gasteiger partial charge in [-0.1, -0.05) is 0 Å². The van der Waals surface area contributed by atoms with Gasteiger partial charge in [0.25, 0.3) is 0 Å². The summed E-state index contributed by atoms with van der Waals surface area (Å²) < 4.78 is 0. The Bertz CT molecular complexity index is 440. The first-order chi connectivity index (χ1) is 8.74. The predicted octanol–water partition coefficient (Wildman–Crippen LogP) is 1.27. The Kier molecular flexibility index (Phi) is 2.87. The third-order valence-corrected chi connectivity index (χ3v) is 3.91. The number of pyridine rings is 1. The van der Waals surface area contributed by atoms with Crippen LogP contribution in [0, 0.1) is 10.1 Å². The van der Waals surface area contributed by atoms with Crippen LogP contribution in [0.2, 0.25) is 0 Å². The molecule has 96 valence electrons. The van der Waals surface area contributed by atoms with Gasteiger partial charge in [-0.3, -0.25) is 0 Å². The van der Waals surface area contributed by atoms with Crippen molar-refractivity contribution in [3.8, 4) is 0 Å². The van der Waals surface area contributed by atoms with Crippen molar-refractivity contribution in [3.05, 3.63) is 28.4 Å². The van der Waals surface area contributed by atoms with Crippen molar-refractivity contribution in [2.45, 2.75) is 18.9 Å². The molecule has 0 aliphatic carbocycles. The Morgan fingerprint density at radius 2 is 2.00 bits per heavy atom. The average molecular weight is 248 g/mol. The summed E-state index contributed by atoms with van der Waals surface area (Å²) in [5.41, 5.74) is 1.01. The Morgan fingerprint density at radius 3 is 2.61 bits per heavy atom. The first-order valence-corrected chi connectivity index (χ1v) is 6.33. The van der Waals surface area contributed by atoms with Gasteiger partial charge in [-0.05, 0) is 28.8 Å². The maximum Gasteiger partial charge on any atom is 0.363 e. The molecule has 0 saturated carbocycles. The van der Waals surface area contributed by atoms with Gasteiger partial charge < -0.3 is 19.9 Å². The molecule has 0 radical (unpaired) electrons. The molecule has 6 heteroatoms. The molecule has 0 atom stereocenters. The summed E-state index contributed by atoms with van der Waals surface area (Å²) in [4.78, 5) is 18.9. The van der Waals surface area contributed by atoms with Crippen molar-refractivity contribution >= 4 is 11.5 Å². The molecule has 0 unspecified atom stereocenters. The van der Waals surface area contributed by atoms with Crippen molar-refractivity contribution in [2.75, 3.05) is 31.1 Å². The Hall–Kier alpha value is -1.69. The predicted molar refractivity (Wildman–Crippen MR) is 67.7 cm³/mol. The van der Waals surface area contributed by atoms with Crippen molar-refractivity contribution in [3.63, 3.8) is 0 Å². The van der Waals surface area contributed by atoms with E-state index in [0.29, 0.717) is 6.04 Å². The van der Waals surface area contributed by atoms with Gasteiger partial charge in [0.05, 0.1) is 5.69 Å². The van der Waals surface area contributed by atoms with Crippen molar-refractivity contribution in [1.29, 1.82) is 0 Å². The van der Waals surface area contributed by atoms with Crippen LogP contribution < -0.4 is 4.90 Å². The second-order valence-electron chi connectivity index (χ2n) is 4.90. The number of aromatic nitrogens is 1. The van der Waals surface area contributed by atoms with E-state index in [4.69, 9.17) is 0 Å². The lowest BCUT2D eigenvalue weighted by Crippen LogP contribution is -2.37. The molecule has 2 bridgehead atoms. The molecule has 6 nitrogen and oxygen atoms in total. The fraction of sp³-hybridized carbons (Fsp3) is 0.583. The summed E-state index contributed by atoms with van der Waals surface area (Å²) in [5, 5.41) is 10.6. The second kappa shape index (κ2) is 4.53. The van der Waals surface area contributed by atoms with E-state index in [0.717, 1.165) is 18.8 Å². The lowest BCUT2D eigenvalue weighted by atomic mass is 10.0. The normalized spacial score (nSPS) is 27.0. The van der Waals surface area contributed by atoms with E-state index in [1.165, 1.54) is 32.0 Å². The highest BCUT2D eigenvalue weighted by Gasteiger charge is 2.29. The number of fused-ring (bicyclic) bond motifs is 4. The van der Waals surface area contributed by atoms with Gasteiger partial charge in [-0.2, -0.15) is 0 Å². The van der Waals surface area contributed by atoms with Crippen LogP contribution in [0.3, 0.4) is 0 Å². The number of hydrogen-bond donors (Lipinski definition) is 0. The molecule has 3 fully saturated rings. The Morgan fingerprint density at radius 1 is 1.22 bits per heavy atom. The third-order valence-electron chi connectivity index (χ3n) is 3.91. The number of hydrogen-bond acceptors (Lipinski definition) is 5. The fourth-order valence-corrected chi connectivity index (χ4v) is 2.88. The van der Waals surface area contributed by atoms with Crippen molar-refractivity contribution < 1.29 is 4.92 Å². The summed E-state index contributed by atoms with van der Waals surface area (Å²) in [7, 11) is 0. The Labute approximate surface area is 105 Å². The zero-order valence-electron chi connectivity index (χ0n) is 10.2. The van der Waals surface area contributed by atoms with Gasteiger partial charge in [-0.25, -0.2) is 0 Å². The first kappa shape index (κ1) is 11.4. The molecule has 0 N–H and O–H groups in total. The summed E-state index contributed by atoms with van der Waals surface area (Å²) in [5.74, 6) is -0.0818. The topological polar surface area (TPSA) is 62.5 Å². The standard InChI is InChI=1S/C12H16N4O2/c17-16(18)12-2-1-11(9-13-12)15-8-7-14-5-3-10(15)4-6-14/h1-2,9-10H,3-8H2. The zero-order chi connectivity index (χ0) is 12.5. The van der Waals surface area contributed by atoms with Crippen LogP contribution in [0.15, 0.2) is 18.3 Å². The lowest BCUT2D eigenvalue weighted by molar-refractivity contribution is -0.389. The molecule has 4 rings (SSSR count). The van der Waals surface area contributed by atoms with E-state index < -0.39 is 4.92 Å². The summed E-state index contributed by atoms with van der Waals surface area (Å²) >= 11 is 0. The van der Waals surface area contributed by atoms with E-state index in [1.807, 2.05) is 6.07 Å². The van der Waals surface area contributed by atoms with E-state index in [9.17, 15) is 10.1 Å². The number of piperidine rings is 1. The zero-order valence-corrected chi connectivity index (χ0v) is 10.2. The second-order valence-corrected chi connectivity index (χ2v) is 4.90. The van der Waals surface area contributed by atoms with Gasteiger partial charge in [0.15, 0.2) is 6.20 Å². The highest BCUT2D eigenvalue weighted by Crippen LogP contribution is 2.26. The molecule has 1 aromatic heterocycles.